The molecule has 1 heterocycles. The highest BCUT2D eigenvalue weighted by Crippen LogP contribution is 2.47. The van der Waals surface area contributed by atoms with Crippen molar-refractivity contribution in [1.82, 2.24) is 10.6 Å². The zero-order valence-corrected chi connectivity index (χ0v) is 11.1. The number of hydrogen-bond acceptors (Lipinski definition) is 4. The second-order valence-electron chi connectivity index (χ2n) is 6.07. The third kappa shape index (κ3) is 2.67. The highest BCUT2D eigenvalue weighted by atomic mass is 16.6. The molecule has 1 saturated carbocycles. The molecule has 2 aliphatic rings. The summed E-state index contributed by atoms with van der Waals surface area (Å²) in [6.45, 7) is 6.27. The van der Waals surface area contributed by atoms with Crippen molar-refractivity contribution < 1.29 is 14.3 Å². The number of rotatable bonds is 2. The van der Waals surface area contributed by atoms with Crippen LogP contribution in [0.25, 0.3) is 0 Å². The maximum absolute atomic E-state index is 11.8. The van der Waals surface area contributed by atoms with Gasteiger partial charge in [-0.3, -0.25) is 0 Å². The fourth-order valence-corrected chi connectivity index (χ4v) is 2.48. The molecule has 5 nitrogen and oxygen atoms in total. The minimum absolute atomic E-state index is 0.0579. The molecule has 18 heavy (non-hydrogen) atoms. The number of ether oxygens (including phenoxy) is 1. The van der Waals surface area contributed by atoms with E-state index in [9.17, 15) is 9.59 Å². The van der Waals surface area contributed by atoms with Crippen LogP contribution in [0.1, 0.15) is 40.0 Å². The van der Waals surface area contributed by atoms with Crippen LogP contribution in [0.2, 0.25) is 0 Å². The first-order chi connectivity index (χ1) is 8.36. The fourth-order valence-electron chi connectivity index (χ4n) is 2.48. The molecule has 0 aromatic carbocycles. The smallest absolute Gasteiger partial charge is 0.408 e. The maximum atomic E-state index is 11.8. The van der Waals surface area contributed by atoms with E-state index in [1.54, 1.807) is 0 Å². The van der Waals surface area contributed by atoms with Crippen LogP contribution in [0.15, 0.2) is 5.70 Å². The van der Waals surface area contributed by atoms with Crippen LogP contribution >= 0.6 is 0 Å². The third-order valence-electron chi connectivity index (χ3n) is 3.41. The lowest BCUT2D eigenvalue weighted by molar-refractivity contribution is 0.0481. The van der Waals surface area contributed by atoms with Crippen LogP contribution in [0.3, 0.4) is 0 Å². The first-order valence-electron chi connectivity index (χ1n) is 6.36. The quantitative estimate of drug-likeness (QED) is 0.728. The van der Waals surface area contributed by atoms with Crippen LogP contribution in [0, 0.1) is 5.92 Å². The average Bonchev–Trinajstić information content (AvgIpc) is 2.84. The van der Waals surface area contributed by atoms with E-state index in [-0.39, 0.29) is 11.5 Å². The molecular weight excluding hydrogens is 232 g/mol. The Morgan fingerprint density at radius 1 is 1.50 bits per heavy atom. The lowest BCUT2D eigenvalue weighted by Crippen LogP contribution is -2.45. The van der Waals surface area contributed by atoms with Crippen molar-refractivity contribution in [2.45, 2.75) is 51.2 Å². The number of alkyl carbamates (subject to hydrolysis) is 1. The molecule has 1 saturated heterocycles. The van der Waals surface area contributed by atoms with Gasteiger partial charge < -0.3 is 15.4 Å². The first kappa shape index (κ1) is 13.0. The average molecular weight is 252 g/mol. The summed E-state index contributed by atoms with van der Waals surface area (Å²) in [5.41, 5.74) is -0.209. The molecule has 2 rings (SSSR count). The number of carbonyl (C=O) groups is 1. The summed E-state index contributed by atoms with van der Waals surface area (Å²) in [5, 5.41) is 5.95. The standard InChI is InChI=1S/C13H20N2O3/c1-12(2,3)18-11(17)15-13(5-6-13)9-4-7-14-10(9)8-16/h9,14H,4-7H2,1-3H3,(H,15,17)/t9-/m0/s1. The second kappa shape index (κ2) is 4.32. The van der Waals surface area contributed by atoms with E-state index in [2.05, 4.69) is 10.6 Å². The number of hydrogen-bond donors (Lipinski definition) is 2. The maximum Gasteiger partial charge on any atom is 0.408 e. The summed E-state index contributed by atoms with van der Waals surface area (Å²) < 4.78 is 5.26. The molecule has 0 bridgehead atoms. The summed E-state index contributed by atoms with van der Waals surface area (Å²) >= 11 is 0. The number of carbonyl (C=O) groups excluding carboxylic acids is 2. The van der Waals surface area contributed by atoms with Gasteiger partial charge in [0.2, 0.25) is 0 Å². The summed E-state index contributed by atoms with van der Waals surface area (Å²) in [7, 11) is 0. The Labute approximate surface area is 107 Å². The fraction of sp³-hybridized carbons (Fsp3) is 0.769. The molecule has 0 radical (unpaired) electrons. The van der Waals surface area contributed by atoms with Crippen molar-refractivity contribution >= 4 is 12.0 Å². The molecule has 0 unspecified atom stereocenters. The summed E-state index contributed by atoms with van der Waals surface area (Å²) in [4.78, 5) is 22.6. The normalized spacial score (nSPS) is 25.1. The van der Waals surface area contributed by atoms with E-state index in [0.717, 1.165) is 25.8 Å². The van der Waals surface area contributed by atoms with Gasteiger partial charge in [-0.05, 0) is 40.0 Å². The Morgan fingerprint density at radius 2 is 2.17 bits per heavy atom. The van der Waals surface area contributed by atoms with Crippen LogP contribution in [-0.2, 0) is 9.53 Å². The van der Waals surface area contributed by atoms with Crippen LogP contribution in [0.4, 0.5) is 4.79 Å². The van der Waals surface area contributed by atoms with Gasteiger partial charge in [-0.1, -0.05) is 0 Å². The second-order valence-corrected chi connectivity index (χ2v) is 6.07. The van der Waals surface area contributed by atoms with Gasteiger partial charge >= 0.3 is 6.09 Å². The predicted octanol–water partition coefficient (Wildman–Crippen LogP) is 1.37. The van der Waals surface area contributed by atoms with Gasteiger partial charge in [-0.25, -0.2) is 9.59 Å². The Balaban J connectivity index is 2.00. The zero-order chi connectivity index (χ0) is 13.4. The molecule has 1 aliphatic heterocycles. The molecule has 100 valence electrons. The number of amides is 1. The largest absolute Gasteiger partial charge is 0.444 e. The van der Waals surface area contributed by atoms with Crippen LogP contribution in [0.5, 0.6) is 0 Å². The van der Waals surface area contributed by atoms with Crippen molar-refractivity contribution in [3.8, 4) is 0 Å². The van der Waals surface area contributed by atoms with Crippen molar-refractivity contribution in [3.63, 3.8) is 0 Å². The van der Waals surface area contributed by atoms with Gasteiger partial charge in [0.15, 0.2) is 0 Å². The topological polar surface area (TPSA) is 67.4 Å². The first-order valence-corrected chi connectivity index (χ1v) is 6.36. The van der Waals surface area contributed by atoms with E-state index < -0.39 is 11.7 Å². The summed E-state index contributed by atoms with van der Waals surface area (Å²) in [6, 6.07) is 0. The van der Waals surface area contributed by atoms with Gasteiger partial charge in [0, 0.05) is 12.5 Å². The molecule has 5 heteroatoms. The Kier molecular flexibility index (Phi) is 3.11. The van der Waals surface area contributed by atoms with E-state index in [0.29, 0.717) is 5.70 Å². The lowest BCUT2D eigenvalue weighted by Gasteiger charge is -2.26. The minimum Gasteiger partial charge on any atom is -0.444 e. The molecule has 0 spiro atoms. The number of nitrogens with one attached hydrogen (secondary N) is 2. The highest BCUT2D eigenvalue weighted by molar-refractivity contribution is 5.70. The minimum atomic E-state index is -0.503. The van der Waals surface area contributed by atoms with Crippen LogP contribution in [-0.4, -0.2) is 29.7 Å². The predicted molar refractivity (Wildman–Crippen MR) is 66.7 cm³/mol. The highest BCUT2D eigenvalue weighted by Gasteiger charge is 2.54. The monoisotopic (exact) mass is 252 g/mol. The van der Waals surface area contributed by atoms with Gasteiger partial charge in [-0.2, -0.15) is 0 Å². The zero-order valence-electron chi connectivity index (χ0n) is 11.1. The van der Waals surface area contributed by atoms with E-state index >= 15 is 0 Å². The van der Waals surface area contributed by atoms with Gasteiger partial charge in [0.1, 0.15) is 17.2 Å². The molecule has 1 amide bonds. The van der Waals surface area contributed by atoms with Crippen molar-refractivity contribution in [2.24, 2.45) is 5.92 Å². The van der Waals surface area contributed by atoms with E-state index in [1.807, 2.05) is 26.7 Å². The Hall–Kier alpha value is -1.48. The lowest BCUT2D eigenvalue weighted by atomic mass is 9.94. The summed E-state index contributed by atoms with van der Waals surface area (Å²) in [6.07, 6.45) is 2.24. The Morgan fingerprint density at radius 3 is 2.67 bits per heavy atom. The van der Waals surface area contributed by atoms with Gasteiger partial charge in [0.25, 0.3) is 0 Å². The molecule has 0 aromatic heterocycles. The van der Waals surface area contributed by atoms with Crippen LogP contribution < -0.4 is 10.6 Å². The van der Waals surface area contributed by atoms with E-state index in [4.69, 9.17) is 4.74 Å². The van der Waals surface area contributed by atoms with Crippen molar-refractivity contribution in [2.75, 3.05) is 6.54 Å². The molecule has 1 aliphatic carbocycles. The SMILES string of the molecule is CC(C)(C)OC(=O)NC1([C@H]2CCNC2=C=O)CC1. The third-order valence-corrected chi connectivity index (χ3v) is 3.41. The van der Waals surface area contributed by atoms with Gasteiger partial charge in [0.05, 0.1) is 5.54 Å². The molecule has 0 aromatic rings. The molecule has 2 fully saturated rings. The molecule has 1 atom stereocenters. The van der Waals surface area contributed by atoms with Crippen molar-refractivity contribution in [3.05, 3.63) is 5.70 Å². The Bertz CT molecular complexity index is 401. The van der Waals surface area contributed by atoms with E-state index in [1.165, 1.54) is 0 Å². The van der Waals surface area contributed by atoms with Crippen molar-refractivity contribution in [1.29, 1.82) is 0 Å². The molecular formula is C13H20N2O3. The van der Waals surface area contributed by atoms with Gasteiger partial charge in [-0.15, -0.1) is 0 Å². The molecule has 2 N–H and O–H groups in total. The summed E-state index contributed by atoms with van der Waals surface area (Å²) in [5.74, 6) is 2.00.